The lowest BCUT2D eigenvalue weighted by Crippen LogP contribution is -2.53. The Morgan fingerprint density at radius 3 is 2.41 bits per heavy atom. The highest BCUT2D eigenvalue weighted by Crippen LogP contribution is 2.68. The van der Waals surface area contributed by atoms with Gasteiger partial charge in [0.15, 0.2) is 0 Å². The number of hydrogen-bond acceptors (Lipinski definition) is 3. The third-order valence-corrected chi connectivity index (χ3v) is 11.3. The molecule has 4 rings (SSSR count). The van der Waals surface area contributed by atoms with Gasteiger partial charge in [0.05, 0.1) is 0 Å². The number of fused-ring (bicyclic) bond motifs is 5. The summed E-state index contributed by atoms with van der Waals surface area (Å²) in [7, 11) is 0. The molecule has 182 valence electrons. The number of ketones is 1. The largest absolute Gasteiger partial charge is 0.465 e. The Kier molecular flexibility index (Phi) is 7.14. The van der Waals surface area contributed by atoms with Crippen LogP contribution >= 0.6 is 0 Å². The molecule has 0 spiro atoms. The molecule has 0 aromatic carbocycles. The number of Topliss-reactive ketones (excluding diaryl/α,β-unsaturated/α-hetero) is 1. The maximum absolute atomic E-state index is 12.6. The maximum Gasteiger partial charge on any atom is 0.302 e. The summed E-state index contributed by atoms with van der Waals surface area (Å²) in [6, 6.07) is 0. The van der Waals surface area contributed by atoms with E-state index in [0.717, 1.165) is 36.0 Å². The summed E-state index contributed by atoms with van der Waals surface area (Å²) in [5.74, 6) is 4.98. The van der Waals surface area contributed by atoms with E-state index in [4.69, 9.17) is 4.74 Å². The van der Waals surface area contributed by atoms with Crippen molar-refractivity contribution in [2.75, 3.05) is 6.61 Å². The second-order valence-electron chi connectivity index (χ2n) is 12.8. The van der Waals surface area contributed by atoms with Crippen LogP contribution in [0.1, 0.15) is 112 Å². The Morgan fingerprint density at radius 1 is 0.906 bits per heavy atom. The van der Waals surface area contributed by atoms with Crippen molar-refractivity contribution in [3.63, 3.8) is 0 Å². The number of hydrogen-bond donors (Lipinski definition) is 0. The monoisotopic (exact) mass is 444 g/mol. The Hall–Kier alpha value is -0.860. The van der Waals surface area contributed by atoms with Gasteiger partial charge in [-0.1, -0.05) is 40.5 Å². The zero-order chi connectivity index (χ0) is 23.1. The summed E-state index contributed by atoms with van der Waals surface area (Å²) < 4.78 is 5.05. The average molecular weight is 445 g/mol. The smallest absolute Gasteiger partial charge is 0.302 e. The number of ether oxygens (including phenoxy) is 1. The van der Waals surface area contributed by atoms with Gasteiger partial charge >= 0.3 is 5.97 Å². The number of rotatable bonds is 7. The van der Waals surface area contributed by atoms with Crippen molar-refractivity contribution in [1.82, 2.24) is 0 Å². The summed E-state index contributed by atoms with van der Waals surface area (Å²) in [6.07, 6.45) is 16.1. The molecule has 0 aromatic heterocycles. The van der Waals surface area contributed by atoms with Crippen LogP contribution in [-0.2, 0) is 14.3 Å². The first-order valence-corrected chi connectivity index (χ1v) is 13.8. The Balaban J connectivity index is 1.37. The zero-order valence-corrected chi connectivity index (χ0v) is 21.5. The molecule has 0 N–H and O–H groups in total. The van der Waals surface area contributed by atoms with Crippen LogP contribution in [0.15, 0.2) is 0 Å². The van der Waals surface area contributed by atoms with Gasteiger partial charge in [-0.05, 0) is 104 Å². The first kappa shape index (κ1) is 24.3. The van der Waals surface area contributed by atoms with E-state index < -0.39 is 0 Å². The van der Waals surface area contributed by atoms with E-state index in [-0.39, 0.29) is 24.3 Å². The minimum atomic E-state index is -0.297. The predicted molar refractivity (Wildman–Crippen MR) is 129 cm³/mol. The van der Waals surface area contributed by atoms with Gasteiger partial charge in [0.2, 0.25) is 0 Å². The Morgan fingerprint density at radius 2 is 1.66 bits per heavy atom. The molecule has 4 aliphatic rings. The normalized spacial score (nSPS) is 42.8. The third kappa shape index (κ3) is 4.31. The van der Waals surface area contributed by atoms with Gasteiger partial charge in [0.25, 0.3) is 0 Å². The molecule has 3 nitrogen and oxygen atoms in total. The van der Waals surface area contributed by atoms with E-state index in [2.05, 4.69) is 20.8 Å². The topological polar surface area (TPSA) is 43.4 Å². The lowest BCUT2D eigenvalue weighted by molar-refractivity contribution is -0.143. The highest BCUT2D eigenvalue weighted by molar-refractivity contribution is 5.81. The number of carbonyl (C=O) groups excluding carboxylic acids is 2. The van der Waals surface area contributed by atoms with Crippen molar-refractivity contribution < 1.29 is 14.3 Å². The lowest BCUT2D eigenvalue weighted by Gasteiger charge is -2.61. The molecule has 0 heterocycles. The molecule has 3 heteroatoms. The minimum absolute atomic E-state index is 0.181. The van der Waals surface area contributed by atoms with Crippen LogP contribution in [0, 0.1) is 52.3 Å². The van der Waals surface area contributed by atoms with E-state index in [0.29, 0.717) is 23.2 Å². The van der Waals surface area contributed by atoms with Gasteiger partial charge in [0, 0.05) is 19.3 Å². The van der Waals surface area contributed by atoms with Crippen molar-refractivity contribution in [3.05, 3.63) is 0 Å². The third-order valence-electron chi connectivity index (χ3n) is 11.3. The van der Waals surface area contributed by atoms with Crippen molar-refractivity contribution in [2.24, 2.45) is 52.3 Å². The van der Waals surface area contributed by atoms with Crippen LogP contribution in [0.5, 0.6) is 0 Å². The van der Waals surface area contributed by atoms with Crippen LogP contribution in [0.2, 0.25) is 0 Å². The van der Waals surface area contributed by atoms with Crippen molar-refractivity contribution >= 4 is 11.8 Å². The molecule has 0 saturated heterocycles. The van der Waals surface area contributed by atoms with Crippen LogP contribution < -0.4 is 0 Å². The van der Waals surface area contributed by atoms with Gasteiger partial charge in [-0.3, -0.25) is 9.59 Å². The van der Waals surface area contributed by atoms with Gasteiger partial charge in [0.1, 0.15) is 12.4 Å². The van der Waals surface area contributed by atoms with Gasteiger partial charge in [-0.15, -0.1) is 0 Å². The molecule has 32 heavy (non-hydrogen) atoms. The molecular formula is C29H48O3. The van der Waals surface area contributed by atoms with Crippen LogP contribution in [0.4, 0.5) is 0 Å². The molecule has 1 unspecified atom stereocenters. The average Bonchev–Trinajstić information content (AvgIpc) is 3.12. The first-order chi connectivity index (χ1) is 15.2. The standard InChI is InChI=1S/C29H48O3/c1-19(9-14-27(31)20(2)18-32-21(3)30)24-12-13-25-23-11-10-22-8-6-7-16-28(22,4)26(23)15-17-29(24,25)5/h19-20,22-26H,6-18H2,1-5H3/t19-,20?,22+,23+,24-,25+,26+,28+,29-/m1/s1. The molecule has 9 atom stereocenters. The molecule has 0 radical (unpaired) electrons. The number of esters is 1. The SMILES string of the molecule is CC(=O)OCC(C)C(=O)CC[C@@H](C)[C@H]1CC[C@H]2[C@@H]3CC[C@@H]4CCCC[C@]4(C)[C@H]3CC[C@]12C. The van der Waals surface area contributed by atoms with Gasteiger partial charge < -0.3 is 4.74 Å². The summed E-state index contributed by atoms with van der Waals surface area (Å²) in [6.45, 7) is 11.2. The van der Waals surface area contributed by atoms with Crippen LogP contribution in [0.3, 0.4) is 0 Å². The van der Waals surface area contributed by atoms with Gasteiger partial charge in [-0.2, -0.15) is 0 Å². The first-order valence-electron chi connectivity index (χ1n) is 13.8. The molecule has 4 fully saturated rings. The Bertz CT molecular complexity index is 701. The summed E-state index contributed by atoms with van der Waals surface area (Å²) in [4.78, 5) is 23.6. The second kappa shape index (κ2) is 9.41. The lowest BCUT2D eigenvalue weighted by atomic mass is 9.44. The molecule has 0 bridgehead atoms. The Labute approximate surface area is 196 Å². The molecule has 4 aliphatic carbocycles. The van der Waals surface area contributed by atoms with Crippen molar-refractivity contribution in [1.29, 1.82) is 0 Å². The van der Waals surface area contributed by atoms with E-state index >= 15 is 0 Å². The van der Waals surface area contributed by atoms with Crippen molar-refractivity contribution in [2.45, 2.75) is 112 Å². The van der Waals surface area contributed by atoms with E-state index in [1.165, 1.54) is 71.1 Å². The fourth-order valence-electron chi connectivity index (χ4n) is 9.42. The predicted octanol–water partition coefficient (Wildman–Crippen LogP) is 7.22. The molecule has 0 amide bonds. The number of carbonyl (C=O) groups is 2. The molecule has 4 saturated carbocycles. The van der Waals surface area contributed by atoms with E-state index in [1.807, 2.05) is 6.92 Å². The fourth-order valence-corrected chi connectivity index (χ4v) is 9.42. The maximum atomic E-state index is 12.6. The minimum Gasteiger partial charge on any atom is -0.465 e. The zero-order valence-electron chi connectivity index (χ0n) is 21.5. The quantitative estimate of drug-likeness (QED) is 0.389. The van der Waals surface area contributed by atoms with Crippen molar-refractivity contribution in [3.8, 4) is 0 Å². The summed E-state index contributed by atoms with van der Waals surface area (Å²) >= 11 is 0. The molecule has 0 aliphatic heterocycles. The summed E-state index contributed by atoms with van der Waals surface area (Å²) in [5, 5.41) is 0. The highest BCUT2D eigenvalue weighted by atomic mass is 16.5. The van der Waals surface area contributed by atoms with Crippen LogP contribution in [0.25, 0.3) is 0 Å². The van der Waals surface area contributed by atoms with E-state index in [1.54, 1.807) is 0 Å². The van der Waals surface area contributed by atoms with Crippen LogP contribution in [-0.4, -0.2) is 18.4 Å². The second-order valence-corrected chi connectivity index (χ2v) is 12.8. The van der Waals surface area contributed by atoms with Gasteiger partial charge in [-0.25, -0.2) is 0 Å². The molecular weight excluding hydrogens is 396 g/mol. The van der Waals surface area contributed by atoms with E-state index in [9.17, 15) is 9.59 Å². The highest BCUT2D eigenvalue weighted by Gasteiger charge is 2.60. The molecule has 0 aromatic rings. The fraction of sp³-hybridized carbons (Fsp3) is 0.931. The summed E-state index contributed by atoms with van der Waals surface area (Å²) in [5.41, 5.74) is 1.10.